The van der Waals surface area contributed by atoms with Gasteiger partial charge in [0, 0.05) is 19.1 Å². The van der Waals surface area contributed by atoms with E-state index < -0.39 is 17.3 Å². The maximum Gasteiger partial charge on any atom is 0.291 e. The number of rotatable bonds is 4. The minimum absolute atomic E-state index is 0.00378. The lowest BCUT2D eigenvalue weighted by molar-refractivity contribution is 0.0794. The summed E-state index contributed by atoms with van der Waals surface area (Å²) in [7, 11) is 0. The molecule has 1 N–H and O–H groups in total. The molecular formula is C12H12F2N4O3S. The predicted octanol–water partition coefficient (Wildman–Crippen LogP) is 2.61. The second-order valence-corrected chi connectivity index (χ2v) is 5.67. The second-order valence-electron chi connectivity index (χ2n) is 4.66. The van der Waals surface area contributed by atoms with E-state index in [9.17, 15) is 13.6 Å². The number of hydrogen-bond donors (Lipinski definition) is 1. The van der Waals surface area contributed by atoms with Crippen LogP contribution in [-0.4, -0.2) is 34.3 Å². The van der Waals surface area contributed by atoms with Crippen LogP contribution in [0.5, 0.6) is 0 Å². The van der Waals surface area contributed by atoms with Crippen LogP contribution in [0.15, 0.2) is 10.7 Å². The Bertz CT molecular complexity index is 654. The average molecular weight is 330 g/mol. The number of oxazole rings is 1. The first-order chi connectivity index (χ1) is 10.6. The number of halogens is 2. The van der Waals surface area contributed by atoms with Crippen LogP contribution in [0.1, 0.15) is 46.6 Å². The topological polar surface area (TPSA) is 90.1 Å². The van der Waals surface area contributed by atoms with Gasteiger partial charge in [0.2, 0.25) is 5.13 Å². The molecule has 2 aromatic heterocycles. The fourth-order valence-corrected chi connectivity index (χ4v) is 2.65. The molecule has 1 aliphatic heterocycles. The van der Waals surface area contributed by atoms with Crippen molar-refractivity contribution in [3.05, 3.63) is 22.9 Å². The summed E-state index contributed by atoms with van der Waals surface area (Å²) in [6.45, 7) is 1.27. The van der Waals surface area contributed by atoms with Crippen LogP contribution in [0.4, 0.5) is 13.9 Å². The summed E-state index contributed by atoms with van der Waals surface area (Å²) < 4.78 is 35.4. The zero-order valence-corrected chi connectivity index (χ0v) is 12.1. The number of hydrogen-bond acceptors (Lipinski definition) is 7. The number of nitrogens with one attached hydrogen (secondary N) is 1. The standard InChI is InChI=1S/C12H12F2N4O3S/c13-8(14)11-17-18-12(22-11)16-9(19)7-5-21-10(15-7)6-1-3-20-4-2-6/h5-6,8H,1-4H2,(H,16,18,19). The number of nitrogens with zero attached hydrogens (tertiary/aromatic N) is 3. The molecule has 0 aliphatic carbocycles. The molecule has 0 saturated carbocycles. The van der Waals surface area contributed by atoms with Crippen LogP contribution in [-0.2, 0) is 4.74 Å². The van der Waals surface area contributed by atoms with Gasteiger partial charge in [-0.25, -0.2) is 13.8 Å². The molecule has 118 valence electrons. The second kappa shape index (κ2) is 6.44. The van der Waals surface area contributed by atoms with Crippen molar-refractivity contribution in [3.8, 4) is 0 Å². The summed E-state index contributed by atoms with van der Waals surface area (Å²) in [5.74, 6) is 0.0419. The van der Waals surface area contributed by atoms with Crippen molar-refractivity contribution in [2.45, 2.75) is 25.2 Å². The van der Waals surface area contributed by atoms with E-state index in [1.54, 1.807) is 0 Å². The molecule has 7 nitrogen and oxygen atoms in total. The van der Waals surface area contributed by atoms with Crippen LogP contribution in [0.3, 0.4) is 0 Å². The number of carbonyl (C=O) groups excluding carboxylic acids is 1. The fraction of sp³-hybridized carbons (Fsp3) is 0.500. The van der Waals surface area contributed by atoms with E-state index >= 15 is 0 Å². The van der Waals surface area contributed by atoms with E-state index in [-0.39, 0.29) is 16.7 Å². The van der Waals surface area contributed by atoms with Gasteiger partial charge < -0.3 is 9.15 Å². The zero-order chi connectivity index (χ0) is 15.5. The van der Waals surface area contributed by atoms with Gasteiger partial charge in [-0.2, -0.15) is 0 Å². The van der Waals surface area contributed by atoms with Crippen molar-refractivity contribution in [1.82, 2.24) is 15.2 Å². The maximum atomic E-state index is 12.4. The maximum absolute atomic E-state index is 12.4. The van der Waals surface area contributed by atoms with Gasteiger partial charge in [-0.1, -0.05) is 11.3 Å². The van der Waals surface area contributed by atoms with Crippen molar-refractivity contribution >= 4 is 22.4 Å². The van der Waals surface area contributed by atoms with Crippen LogP contribution < -0.4 is 5.32 Å². The van der Waals surface area contributed by atoms with Gasteiger partial charge in [0.25, 0.3) is 12.3 Å². The first-order valence-corrected chi connectivity index (χ1v) is 7.41. The Morgan fingerprint density at radius 1 is 1.36 bits per heavy atom. The Kier molecular flexibility index (Phi) is 4.39. The number of ether oxygens (including phenoxy) is 1. The summed E-state index contributed by atoms with van der Waals surface area (Å²) in [6.07, 6.45) is 0.107. The molecule has 0 spiro atoms. The Morgan fingerprint density at radius 3 is 2.82 bits per heavy atom. The summed E-state index contributed by atoms with van der Waals surface area (Å²) in [5, 5.41) is 8.69. The van der Waals surface area contributed by atoms with E-state index in [1.165, 1.54) is 6.26 Å². The molecule has 0 radical (unpaired) electrons. The SMILES string of the molecule is O=C(Nc1nnc(C(F)F)s1)c1coc(C2CCOCC2)n1. The molecule has 0 unspecified atom stereocenters. The first-order valence-electron chi connectivity index (χ1n) is 6.59. The molecule has 3 heterocycles. The summed E-state index contributed by atoms with van der Waals surface area (Å²) in [6, 6.07) is 0. The average Bonchev–Trinajstić information content (AvgIpc) is 3.17. The molecule has 0 aromatic carbocycles. The van der Waals surface area contributed by atoms with Gasteiger partial charge in [-0.3, -0.25) is 10.1 Å². The molecule has 22 heavy (non-hydrogen) atoms. The highest BCUT2D eigenvalue weighted by atomic mass is 32.1. The number of carbonyl (C=O) groups is 1. The van der Waals surface area contributed by atoms with Crippen molar-refractivity contribution in [1.29, 1.82) is 0 Å². The summed E-state index contributed by atoms with van der Waals surface area (Å²) in [4.78, 5) is 16.1. The third kappa shape index (κ3) is 3.28. The third-order valence-corrected chi connectivity index (χ3v) is 4.02. The van der Waals surface area contributed by atoms with Crippen molar-refractivity contribution in [3.63, 3.8) is 0 Å². The van der Waals surface area contributed by atoms with E-state index in [2.05, 4.69) is 20.5 Å². The molecule has 1 fully saturated rings. The van der Waals surface area contributed by atoms with Gasteiger partial charge in [0.15, 0.2) is 16.6 Å². The highest BCUT2D eigenvalue weighted by molar-refractivity contribution is 7.15. The fourth-order valence-electron chi connectivity index (χ4n) is 2.06. The number of alkyl halides is 2. The molecule has 2 aromatic rings. The van der Waals surface area contributed by atoms with Crippen LogP contribution in [0, 0.1) is 0 Å². The van der Waals surface area contributed by atoms with Crippen molar-refractivity contribution in [2.75, 3.05) is 18.5 Å². The lowest BCUT2D eigenvalue weighted by atomic mass is 10.0. The summed E-state index contributed by atoms with van der Waals surface area (Å²) in [5.41, 5.74) is 0.0790. The smallest absolute Gasteiger partial charge is 0.291 e. The number of anilines is 1. The van der Waals surface area contributed by atoms with E-state index in [0.29, 0.717) is 30.4 Å². The molecule has 0 atom stereocenters. The van der Waals surface area contributed by atoms with E-state index in [1.807, 2.05) is 0 Å². The zero-order valence-electron chi connectivity index (χ0n) is 11.3. The van der Waals surface area contributed by atoms with Gasteiger partial charge >= 0.3 is 0 Å². The van der Waals surface area contributed by atoms with E-state index in [4.69, 9.17) is 9.15 Å². The van der Waals surface area contributed by atoms with Gasteiger partial charge in [0.05, 0.1) is 0 Å². The van der Waals surface area contributed by atoms with Gasteiger partial charge in [-0.05, 0) is 12.8 Å². The van der Waals surface area contributed by atoms with Gasteiger partial charge in [0.1, 0.15) is 6.26 Å². The molecule has 1 amide bonds. The quantitative estimate of drug-likeness (QED) is 0.927. The van der Waals surface area contributed by atoms with Crippen molar-refractivity contribution < 1.29 is 22.7 Å². The molecule has 0 bridgehead atoms. The Balaban J connectivity index is 1.65. The third-order valence-electron chi connectivity index (χ3n) is 3.17. The number of amides is 1. The molecule has 1 aliphatic rings. The first kappa shape index (κ1) is 15.0. The Morgan fingerprint density at radius 2 is 2.14 bits per heavy atom. The minimum atomic E-state index is -2.71. The Hall–Kier alpha value is -1.94. The van der Waals surface area contributed by atoms with Gasteiger partial charge in [-0.15, -0.1) is 10.2 Å². The lowest BCUT2D eigenvalue weighted by Crippen LogP contribution is -2.15. The normalized spacial score (nSPS) is 16.1. The predicted molar refractivity (Wildman–Crippen MR) is 72.1 cm³/mol. The molecular weight excluding hydrogens is 318 g/mol. The summed E-state index contributed by atoms with van der Waals surface area (Å²) >= 11 is 0.620. The highest BCUT2D eigenvalue weighted by Gasteiger charge is 2.23. The largest absolute Gasteiger partial charge is 0.448 e. The lowest BCUT2D eigenvalue weighted by Gasteiger charge is -2.18. The number of aromatic nitrogens is 3. The highest BCUT2D eigenvalue weighted by Crippen LogP contribution is 2.27. The van der Waals surface area contributed by atoms with Crippen LogP contribution in [0.2, 0.25) is 0 Å². The van der Waals surface area contributed by atoms with Crippen molar-refractivity contribution in [2.24, 2.45) is 0 Å². The molecule has 1 saturated heterocycles. The molecule has 3 rings (SSSR count). The van der Waals surface area contributed by atoms with Crippen LogP contribution in [0.25, 0.3) is 0 Å². The monoisotopic (exact) mass is 330 g/mol. The van der Waals surface area contributed by atoms with Crippen LogP contribution >= 0.6 is 11.3 Å². The van der Waals surface area contributed by atoms with E-state index in [0.717, 1.165) is 12.8 Å². The molecule has 10 heteroatoms. The Labute approximate surface area is 127 Å². The minimum Gasteiger partial charge on any atom is -0.448 e.